The van der Waals surface area contributed by atoms with Crippen LogP contribution in [0.2, 0.25) is 0 Å². The molecule has 0 aliphatic rings. The number of hydrogen-bond donors (Lipinski definition) is 0. The number of methoxy groups -OCH3 is 1. The highest BCUT2D eigenvalue weighted by Crippen LogP contribution is 2.35. The van der Waals surface area contributed by atoms with Crippen molar-refractivity contribution < 1.29 is 22.7 Å². The van der Waals surface area contributed by atoms with E-state index >= 15 is 0 Å². The molecule has 2 aromatic carbocycles. The fourth-order valence-electron chi connectivity index (χ4n) is 2.90. The summed E-state index contributed by atoms with van der Waals surface area (Å²) in [5.74, 6) is -0.714. The van der Waals surface area contributed by atoms with E-state index in [0.29, 0.717) is 28.8 Å². The molecule has 0 N–H and O–H groups in total. The van der Waals surface area contributed by atoms with E-state index in [9.17, 15) is 18.0 Å². The lowest BCUT2D eigenvalue weighted by Gasteiger charge is -2.19. The minimum absolute atomic E-state index is 0.222. The number of nitrogens with zero attached hydrogens (tertiary/aromatic N) is 1. The second-order valence-electron chi connectivity index (χ2n) is 6.71. The first-order valence-electron chi connectivity index (χ1n) is 8.43. The van der Waals surface area contributed by atoms with Crippen LogP contribution in [0, 0.1) is 12.5 Å². The fraction of sp³-hybridized carbons (Fsp3) is 0.333. The third kappa shape index (κ3) is 5.10. The Balaban J connectivity index is 2.51. The summed E-state index contributed by atoms with van der Waals surface area (Å²) in [6.07, 6.45) is -3.87. The molecule has 0 aromatic heterocycles. The Kier molecular flexibility index (Phi) is 6.27. The van der Waals surface area contributed by atoms with Crippen molar-refractivity contribution >= 4 is 11.7 Å². The van der Waals surface area contributed by atoms with Gasteiger partial charge in [-0.2, -0.15) is 13.2 Å². The number of rotatable bonds is 5. The van der Waals surface area contributed by atoms with Crippen LogP contribution in [-0.4, -0.2) is 13.1 Å². The number of esters is 1. The van der Waals surface area contributed by atoms with E-state index in [0.717, 1.165) is 12.1 Å². The maximum absolute atomic E-state index is 12.8. The molecule has 2 aromatic rings. The van der Waals surface area contributed by atoms with E-state index in [2.05, 4.69) is 4.85 Å². The quantitative estimate of drug-likeness (QED) is 0.458. The van der Waals surface area contributed by atoms with Crippen LogP contribution in [0.5, 0.6) is 0 Å². The fourth-order valence-corrected chi connectivity index (χ4v) is 2.90. The predicted molar refractivity (Wildman–Crippen MR) is 97.4 cm³/mol. The zero-order chi connectivity index (χ0) is 20.2. The van der Waals surface area contributed by atoms with Gasteiger partial charge in [0.2, 0.25) is 0 Å². The van der Waals surface area contributed by atoms with Gasteiger partial charge in [-0.3, -0.25) is 4.79 Å². The van der Waals surface area contributed by atoms with Crippen LogP contribution in [0.15, 0.2) is 42.5 Å². The van der Waals surface area contributed by atoms with E-state index in [1.165, 1.54) is 19.2 Å². The van der Waals surface area contributed by atoms with Crippen LogP contribution in [-0.2, 0) is 15.7 Å². The van der Waals surface area contributed by atoms with Gasteiger partial charge in [-0.15, -0.1) is 0 Å². The lowest BCUT2D eigenvalue weighted by Crippen LogP contribution is -2.16. The summed E-state index contributed by atoms with van der Waals surface area (Å²) in [6, 6.07) is 9.71. The zero-order valence-corrected chi connectivity index (χ0v) is 15.3. The van der Waals surface area contributed by atoms with Crippen molar-refractivity contribution in [3.05, 3.63) is 65.0 Å². The van der Waals surface area contributed by atoms with Gasteiger partial charge in [-0.05, 0) is 47.2 Å². The molecule has 0 unspecified atom stereocenters. The van der Waals surface area contributed by atoms with E-state index < -0.39 is 23.6 Å². The Morgan fingerprint density at radius 3 is 2.22 bits per heavy atom. The maximum Gasteiger partial charge on any atom is 0.416 e. The normalized spacial score (nSPS) is 12.5. The molecule has 2 rings (SSSR count). The molecule has 3 nitrogen and oxygen atoms in total. The average Bonchev–Trinajstić information content (AvgIpc) is 2.64. The SMILES string of the molecule is [C-]#[N+]c1cc(-c2ccc(C(F)(F)F)cc2)cc([C@@H](CC(C)C)C(=O)OC)c1. The lowest BCUT2D eigenvalue weighted by molar-refractivity contribution is -0.143. The molecule has 0 heterocycles. The van der Waals surface area contributed by atoms with Crippen LogP contribution in [0.1, 0.15) is 37.3 Å². The summed E-state index contributed by atoms with van der Waals surface area (Å²) in [6.45, 7) is 11.3. The molecule has 0 saturated carbocycles. The Morgan fingerprint density at radius 1 is 1.11 bits per heavy atom. The highest BCUT2D eigenvalue weighted by Gasteiger charge is 2.30. The van der Waals surface area contributed by atoms with E-state index in [1.54, 1.807) is 18.2 Å². The zero-order valence-electron chi connectivity index (χ0n) is 15.3. The van der Waals surface area contributed by atoms with Crippen molar-refractivity contribution in [1.82, 2.24) is 0 Å². The van der Waals surface area contributed by atoms with Crippen LogP contribution < -0.4 is 0 Å². The summed E-state index contributed by atoms with van der Waals surface area (Å²) < 4.78 is 43.2. The molecule has 1 atom stereocenters. The smallest absolute Gasteiger partial charge is 0.416 e. The molecule has 0 aliphatic carbocycles. The molecule has 0 saturated heterocycles. The summed E-state index contributed by atoms with van der Waals surface area (Å²) in [4.78, 5) is 15.7. The molecule has 6 heteroatoms. The molecule has 0 amide bonds. The molecule has 0 aliphatic heterocycles. The lowest BCUT2D eigenvalue weighted by atomic mass is 9.88. The van der Waals surface area contributed by atoms with Gasteiger partial charge < -0.3 is 4.74 Å². The van der Waals surface area contributed by atoms with Crippen molar-refractivity contribution in [1.29, 1.82) is 0 Å². The molecular weight excluding hydrogens is 355 g/mol. The predicted octanol–water partition coefficient (Wildman–Crippen LogP) is 6.23. The summed E-state index contributed by atoms with van der Waals surface area (Å²) in [5.41, 5.74) is 1.34. The third-order valence-corrected chi connectivity index (χ3v) is 4.21. The topological polar surface area (TPSA) is 30.7 Å². The van der Waals surface area contributed by atoms with Gasteiger partial charge in [0, 0.05) is 0 Å². The largest absolute Gasteiger partial charge is 0.469 e. The molecular formula is C21H20F3NO2. The number of halogens is 3. The van der Waals surface area contributed by atoms with Crippen LogP contribution >= 0.6 is 0 Å². The number of ether oxygens (including phenoxy) is 1. The number of alkyl halides is 3. The first-order valence-corrected chi connectivity index (χ1v) is 8.43. The van der Waals surface area contributed by atoms with Crippen molar-refractivity contribution in [2.75, 3.05) is 7.11 Å². The maximum atomic E-state index is 12.8. The molecule has 0 radical (unpaired) electrons. The summed E-state index contributed by atoms with van der Waals surface area (Å²) in [7, 11) is 1.31. The number of carbonyl (C=O) groups excluding carboxylic acids is 1. The third-order valence-electron chi connectivity index (χ3n) is 4.21. The van der Waals surface area contributed by atoms with Gasteiger partial charge in [-0.25, -0.2) is 4.85 Å². The van der Waals surface area contributed by atoms with Crippen molar-refractivity contribution in [2.45, 2.75) is 32.4 Å². The second-order valence-corrected chi connectivity index (χ2v) is 6.71. The Bertz CT molecular complexity index is 849. The highest BCUT2D eigenvalue weighted by molar-refractivity contribution is 5.80. The summed E-state index contributed by atoms with van der Waals surface area (Å²) in [5, 5.41) is 0. The van der Waals surface area contributed by atoms with Gasteiger partial charge in [-0.1, -0.05) is 38.1 Å². The van der Waals surface area contributed by atoms with Gasteiger partial charge in [0.05, 0.1) is 25.2 Å². The number of hydrogen-bond acceptors (Lipinski definition) is 2. The van der Waals surface area contributed by atoms with Gasteiger partial charge in [0.1, 0.15) is 0 Å². The van der Waals surface area contributed by atoms with Crippen molar-refractivity contribution in [2.24, 2.45) is 5.92 Å². The Hall–Kier alpha value is -2.81. The van der Waals surface area contributed by atoms with Crippen molar-refractivity contribution in [3.8, 4) is 11.1 Å². The molecule has 142 valence electrons. The van der Waals surface area contributed by atoms with E-state index in [-0.39, 0.29) is 5.92 Å². The number of benzene rings is 2. The highest BCUT2D eigenvalue weighted by atomic mass is 19.4. The average molecular weight is 375 g/mol. The second kappa shape index (κ2) is 8.26. The Labute approximate surface area is 156 Å². The van der Waals surface area contributed by atoms with Crippen LogP contribution in [0.4, 0.5) is 18.9 Å². The molecule has 0 bridgehead atoms. The molecule has 0 fully saturated rings. The van der Waals surface area contributed by atoms with E-state index in [1.807, 2.05) is 13.8 Å². The van der Waals surface area contributed by atoms with Crippen LogP contribution in [0.25, 0.3) is 16.0 Å². The molecule has 27 heavy (non-hydrogen) atoms. The molecule has 0 spiro atoms. The Morgan fingerprint density at radius 2 is 1.74 bits per heavy atom. The van der Waals surface area contributed by atoms with Gasteiger partial charge in [0.15, 0.2) is 5.69 Å². The van der Waals surface area contributed by atoms with Crippen LogP contribution in [0.3, 0.4) is 0 Å². The first kappa shape index (κ1) is 20.5. The minimum atomic E-state index is -4.41. The minimum Gasteiger partial charge on any atom is -0.469 e. The van der Waals surface area contributed by atoms with Gasteiger partial charge in [0.25, 0.3) is 0 Å². The van der Waals surface area contributed by atoms with Gasteiger partial charge >= 0.3 is 12.1 Å². The standard InChI is InChI=1S/C21H20F3NO2/c1-13(2)9-19(20(26)27-4)16-10-15(11-18(12-16)25-3)14-5-7-17(8-6-14)21(22,23)24/h5-8,10-13,19H,9H2,1-2,4H3/t19-/m1/s1. The monoisotopic (exact) mass is 375 g/mol. The first-order chi connectivity index (χ1) is 12.7. The van der Waals surface area contributed by atoms with Crippen molar-refractivity contribution in [3.63, 3.8) is 0 Å². The summed E-state index contributed by atoms with van der Waals surface area (Å²) >= 11 is 0. The van der Waals surface area contributed by atoms with E-state index in [4.69, 9.17) is 11.3 Å². The number of carbonyl (C=O) groups is 1.